The Morgan fingerprint density at radius 3 is 2.47 bits per heavy atom. The largest absolute Gasteiger partial charge is 0.246 e. The summed E-state index contributed by atoms with van der Waals surface area (Å²) in [4.78, 5) is -0.327. The smallest absolute Gasteiger partial charge is 0.207 e. The van der Waals surface area contributed by atoms with Gasteiger partial charge in [0, 0.05) is 18.1 Å². The van der Waals surface area contributed by atoms with E-state index < -0.39 is 15.8 Å². The molecule has 3 nitrogen and oxygen atoms in total. The van der Waals surface area contributed by atoms with E-state index in [0.29, 0.717) is 13.1 Å². The monoisotopic (exact) mass is 277 g/mol. The predicted octanol–water partition coefficient (Wildman–Crippen LogP) is 2.65. The normalized spacial score (nSPS) is 18.2. The van der Waals surface area contributed by atoms with Crippen LogP contribution in [0.25, 0.3) is 0 Å². The van der Waals surface area contributed by atoms with Crippen LogP contribution in [0.4, 0.5) is 4.39 Å². The molecule has 0 spiro atoms. The molecule has 0 N–H and O–H groups in total. The molecular formula is C11H13ClFNO2S. The van der Waals surface area contributed by atoms with Gasteiger partial charge in [-0.15, -0.1) is 0 Å². The highest BCUT2D eigenvalue weighted by Gasteiger charge is 2.28. The summed E-state index contributed by atoms with van der Waals surface area (Å²) in [6, 6.07) is 3.59. The molecule has 1 saturated heterocycles. The number of halogens is 2. The van der Waals surface area contributed by atoms with Gasteiger partial charge in [-0.1, -0.05) is 18.0 Å². The quantitative estimate of drug-likeness (QED) is 0.833. The van der Waals surface area contributed by atoms with Gasteiger partial charge in [-0.05, 0) is 31.0 Å². The molecule has 0 aromatic heterocycles. The average molecular weight is 278 g/mol. The Hall–Kier alpha value is -0.650. The SMILES string of the molecule is O=S(=O)(c1cc(Cl)ccc1F)N1CCCCC1. The van der Waals surface area contributed by atoms with Gasteiger partial charge in [-0.3, -0.25) is 0 Å². The molecule has 0 atom stereocenters. The van der Waals surface area contributed by atoms with Crippen LogP contribution in [0.1, 0.15) is 19.3 Å². The lowest BCUT2D eigenvalue weighted by atomic mass is 10.2. The molecule has 17 heavy (non-hydrogen) atoms. The molecule has 94 valence electrons. The molecule has 2 rings (SSSR count). The van der Waals surface area contributed by atoms with E-state index in [1.54, 1.807) is 0 Å². The Morgan fingerprint density at radius 2 is 1.82 bits per heavy atom. The van der Waals surface area contributed by atoms with Crippen molar-refractivity contribution in [2.75, 3.05) is 13.1 Å². The van der Waals surface area contributed by atoms with Gasteiger partial charge in [0.05, 0.1) is 0 Å². The summed E-state index contributed by atoms with van der Waals surface area (Å²) < 4.78 is 39.3. The first-order valence-corrected chi connectivity index (χ1v) is 7.29. The molecular weight excluding hydrogens is 265 g/mol. The van der Waals surface area contributed by atoms with Crippen LogP contribution in [0.2, 0.25) is 5.02 Å². The van der Waals surface area contributed by atoms with Gasteiger partial charge in [-0.2, -0.15) is 4.31 Å². The van der Waals surface area contributed by atoms with E-state index >= 15 is 0 Å². The molecule has 0 amide bonds. The number of nitrogens with zero attached hydrogens (tertiary/aromatic N) is 1. The molecule has 0 saturated carbocycles. The molecule has 0 aliphatic carbocycles. The fourth-order valence-corrected chi connectivity index (χ4v) is 3.76. The minimum Gasteiger partial charge on any atom is -0.207 e. The first kappa shape index (κ1) is 12.8. The molecule has 1 heterocycles. The summed E-state index contributed by atoms with van der Waals surface area (Å²) in [6.45, 7) is 0.905. The van der Waals surface area contributed by atoms with Crippen molar-refractivity contribution in [2.45, 2.75) is 24.2 Å². The molecule has 1 aliphatic heterocycles. The lowest BCUT2D eigenvalue weighted by molar-refractivity contribution is 0.345. The van der Waals surface area contributed by atoms with Crippen molar-refractivity contribution < 1.29 is 12.8 Å². The fraction of sp³-hybridized carbons (Fsp3) is 0.455. The Labute approximate surface area is 105 Å². The van der Waals surface area contributed by atoms with Crippen molar-refractivity contribution in [3.63, 3.8) is 0 Å². The molecule has 0 bridgehead atoms. The van der Waals surface area contributed by atoms with Crippen molar-refractivity contribution >= 4 is 21.6 Å². The average Bonchev–Trinajstić information content (AvgIpc) is 2.33. The number of sulfonamides is 1. The third-order valence-electron chi connectivity index (χ3n) is 2.83. The summed E-state index contributed by atoms with van der Waals surface area (Å²) in [5.74, 6) is -0.750. The second-order valence-electron chi connectivity index (χ2n) is 4.04. The Kier molecular flexibility index (Phi) is 3.70. The van der Waals surface area contributed by atoms with Gasteiger partial charge in [0.15, 0.2) is 0 Å². The zero-order valence-electron chi connectivity index (χ0n) is 9.20. The summed E-state index contributed by atoms with van der Waals surface area (Å²) in [5.41, 5.74) is 0. The van der Waals surface area contributed by atoms with E-state index in [2.05, 4.69) is 0 Å². The Balaban J connectivity index is 2.40. The molecule has 0 radical (unpaired) electrons. The third-order valence-corrected chi connectivity index (χ3v) is 4.97. The second kappa shape index (κ2) is 4.92. The minimum atomic E-state index is -3.74. The van der Waals surface area contributed by atoms with Crippen molar-refractivity contribution in [1.29, 1.82) is 0 Å². The molecule has 6 heteroatoms. The van der Waals surface area contributed by atoms with Crippen LogP contribution < -0.4 is 0 Å². The van der Waals surface area contributed by atoms with E-state index in [9.17, 15) is 12.8 Å². The first-order valence-electron chi connectivity index (χ1n) is 5.47. The van der Waals surface area contributed by atoms with Gasteiger partial charge in [0.2, 0.25) is 10.0 Å². The van der Waals surface area contributed by atoms with Crippen LogP contribution in [0.3, 0.4) is 0 Å². The lowest BCUT2D eigenvalue weighted by Crippen LogP contribution is -2.36. The van der Waals surface area contributed by atoms with Gasteiger partial charge in [0.1, 0.15) is 10.7 Å². The highest BCUT2D eigenvalue weighted by molar-refractivity contribution is 7.89. The van der Waals surface area contributed by atoms with Gasteiger partial charge in [0.25, 0.3) is 0 Å². The highest BCUT2D eigenvalue weighted by Crippen LogP contribution is 2.25. The molecule has 0 unspecified atom stereocenters. The minimum absolute atomic E-state index is 0.224. The second-order valence-corrected chi connectivity index (χ2v) is 6.38. The van der Waals surface area contributed by atoms with Crippen LogP contribution in [-0.4, -0.2) is 25.8 Å². The van der Waals surface area contributed by atoms with E-state index in [-0.39, 0.29) is 9.92 Å². The number of rotatable bonds is 2. The van der Waals surface area contributed by atoms with Crippen LogP contribution in [0, 0.1) is 5.82 Å². The van der Waals surface area contributed by atoms with E-state index in [1.807, 2.05) is 0 Å². The summed E-state index contributed by atoms with van der Waals surface area (Å²) in [6.07, 6.45) is 2.66. The predicted molar refractivity (Wildman–Crippen MR) is 64.0 cm³/mol. The Bertz CT molecular complexity index is 512. The maximum Gasteiger partial charge on any atom is 0.246 e. The zero-order valence-corrected chi connectivity index (χ0v) is 10.8. The van der Waals surface area contributed by atoms with E-state index in [1.165, 1.54) is 16.4 Å². The van der Waals surface area contributed by atoms with Gasteiger partial charge in [-0.25, -0.2) is 12.8 Å². The van der Waals surface area contributed by atoms with Crippen LogP contribution >= 0.6 is 11.6 Å². The standard InChI is InChI=1S/C11H13ClFNO2S/c12-9-4-5-10(13)11(8-9)17(15,16)14-6-2-1-3-7-14/h4-5,8H,1-3,6-7H2. The van der Waals surface area contributed by atoms with Crippen LogP contribution in [-0.2, 0) is 10.0 Å². The molecule has 1 aromatic carbocycles. The number of benzene rings is 1. The van der Waals surface area contributed by atoms with Crippen LogP contribution in [0.5, 0.6) is 0 Å². The zero-order chi connectivity index (χ0) is 12.5. The summed E-state index contributed by atoms with van der Waals surface area (Å²) >= 11 is 5.71. The third kappa shape index (κ3) is 2.61. The molecule has 1 fully saturated rings. The van der Waals surface area contributed by atoms with Gasteiger partial charge < -0.3 is 0 Å². The molecule has 1 aromatic rings. The topological polar surface area (TPSA) is 37.4 Å². The van der Waals surface area contributed by atoms with Crippen LogP contribution in [0.15, 0.2) is 23.1 Å². The lowest BCUT2D eigenvalue weighted by Gasteiger charge is -2.26. The molecule has 1 aliphatic rings. The van der Waals surface area contributed by atoms with Gasteiger partial charge >= 0.3 is 0 Å². The van der Waals surface area contributed by atoms with E-state index in [4.69, 9.17) is 11.6 Å². The number of hydrogen-bond acceptors (Lipinski definition) is 2. The van der Waals surface area contributed by atoms with E-state index in [0.717, 1.165) is 25.3 Å². The van der Waals surface area contributed by atoms with Crippen molar-refractivity contribution in [2.24, 2.45) is 0 Å². The number of piperidine rings is 1. The fourth-order valence-electron chi connectivity index (χ4n) is 1.92. The Morgan fingerprint density at radius 1 is 1.18 bits per heavy atom. The van der Waals surface area contributed by atoms with Crippen molar-refractivity contribution in [3.8, 4) is 0 Å². The maximum atomic E-state index is 13.6. The van der Waals surface area contributed by atoms with Crippen molar-refractivity contribution in [3.05, 3.63) is 29.0 Å². The maximum absolute atomic E-state index is 13.6. The first-order chi connectivity index (χ1) is 8.01. The van der Waals surface area contributed by atoms with Crippen molar-refractivity contribution in [1.82, 2.24) is 4.31 Å². The number of hydrogen-bond donors (Lipinski definition) is 0. The summed E-state index contributed by atoms with van der Waals surface area (Å²) in [7, 11) is -3.74. The highest BCUT2D eigenvalue weighted by atomic mass is 35.5. The summed E-state index contributed by atoms with van der Waals surface area (Å²) in [5, 5.41) is 0.224.